The van der Waals surface area contributed by atoms with E-state index in [1.54, 1.807) is 7.05 Å². The molecule has 2 N–H and O–H groups in total. The van der Waals surface area contributed by atoms with E-state index in [-0.39, 0.29) is 0 Å². The van der Waals surface area contributed by atoms with Crippen molar-refractivity contribution in [1.29, 1.82) is 0 Å². The normalized spacial score (nSPS) is 18.6. The molecule has 0 saturated carbocycles. The Bertz CT molecular complexity index is 317. The first kappa shape index (κ1) is 7.31. The van der Waals surface area contributed by atoms with Gasteiger partial charge >= 0.3 is 0 Å². The average molecular weight is 161 g/mol. The SMILES string of the molecule is CN=C1NNCc2ccccc21. The summed E-state index contributed by atoms with van der Waals surface area (Å²) < 4.78 is 0. The maximum atomic E-state index is 4.13. The van der Waals surface area contributed by atoms with E-state index >= 15 is 0 Å². The standard InChI is InChI=1S/C9H11N3/c1-10-9-8-5-3-2-4-7(8)6-11-12-9/h2-5,11H,6H2,1H3,(H,10,12). The summed E-state index contributed by atoms with van der Waals surface area (Å²) in [5, 5.41) is 0. The van der Waals surface area contributed by atoms with E-state index in [1.807, 2.05) is 12.1 Å². The molecule has 0 radical (unpaired) electrons. The molecule has 0 saturated heterocycles. The number of hydrogen-bond donors (Lipinski definition) is 2. The molecule has 0 aliphatic carbocycles. The Morgan fingerprint density at radius 1 is 1.33 bits per heavy atom. The maximum absolute atomic E-state index is 4.13. The lowest BCUT2D eigenvalue weighted by molar-refractivity contribution is 0.634. The summed E-state index contributed by atoms with van der Waals surface area (Å²) in [6.07, 6.45) is 0. The Morgan fingerprint density at radius 2 is 2.17 bits per heavy atom. The van der Waals surface area contributed by atoms with Crippen molar-refractivity contribution in [3.63, 3.8) is 0 Å². The van der Waals surface area contributed by atoms with Gasteiger partial charge in [-0.25, -0.2) is 5.43 Å². The van der Waals surface area contributed by atoms with Crippen LogP contribution in [0.1, 0.15) is 11.1 Å². The van der Waals surface area contributed by atoms with Crippen molar-refractivity contribution < 1.29 is 0 Å². The summed E-state index contributed by atoms with van der Waals surface area (Å²) in [6.45, 7) is 0.856. The molecule has 1 aromatic rings. The first-order chi connectivity index (χ1) is 5.92. The molecule has 1 aromatic carbocycles. The first-order valence-electron chi connectivity index (χ1n) is 3.96. The van der Waals surface area contributed by atoms with E-state index < -0.39 is 0 Å². The third-order valence-corrected chi connectivity index (χ3v) is 1.98. The Hall–Kier alpha value is -1.35. The highest BCUT2D eigenvalue weighted by Gasteiger charge is 2.11. The van der Waals surface area contributed by atoms with Crippen LogP contribution in [-0.2, 0) is 6.54 Å². The zero-order chi connectivity index (χ0) is 8.39. The molecule has 0 spiro atoms. The van der Waals surface area contributed by atoms with E-state index in [2.05, 4.69) is 28.0 Å². The van der Waals surface area contributed by atoms with Gasteiger partial charge in [0.05, 0.1) is 0 Å². The van der Waals surface area contributed by atoms with Gasteiger partial charge in [0, 0.05) is 19.2 Å². The molecule has 1 aliphatic rings. The summed E-state index contributed by atoms with van der Waals surface area (Å²) in [5.74, 6) is 0.914. The van der Waals surface area contributed by atoms with Gasteiger partial charge in [0.1, 0.15) is 5.84 Å². The van der Waals surface area contributed by atoms with Gasteiger partial charge in [0.25, 0.3) is 0 Å². The Balaban J connectivity index is 2.51. The molecular formula is C9H11N3. The van der Waals surface area contributed by atoms with Crippen LogP contribution in [-0.4, -0.2) is 12.9 Å². The predicted octanol–water partition coefficient (Wildman–Crippen LogP) is 0.671. The number of aliphatic imine (C=N–C) groups is 1. The second-order valence-electron chi connectivity index (χ2n) is 2.71. The molecule has 3 heteroatoms. The van der Waals surface area contributed by atoms with Gasteiger partial charge in [-0.15, -0.1) is 0 Å². The predicted molar refractivity (Wildman–Crippen MR) is 48.9 cm³/mol. The molecule has 0 aromatic heterocycles. The fourth-order valence-corrected chi connectivity index (χ4v) is 1.37. The average Bonchev–Trinajstić information content (AvgIpc) is 2.17. The molecule has 12 heavy (non-hydrogen) atoms. The van der Waals surface area contributed by atoms with Gasteiger partial charge in [0.15, 0.2) is 0 Å². The van der Waals surface area contributed by atoms with Crippen LogP contribution in [0.25, 0.3) is 0 Å². The molecule has 1 aliphatic heterocycles. The van der Waals surface area contributed by atoms with Gasteiger partial charge in [0.2, 0.25) is 0 Å². The quantitative estimate of drug-likeness (QED) is 0.586. The number of amidine groups is 1. The number of benzene rings is 1. The van der Waals surface area contributed by atoms with Crippen LogP contribution in [0, 0.1) is 0 Å². The zero-order valence-corrected chi connectivity index (χ0v) is 6.96. The smallest absolute Gasteiger partial charge is 0.142 e. The largest absolute Gasteiger partial charge is 0.305 e. The van der Waals surface area contributed by atoms with Crippen LogP contribution in [0.4, 0.5) is 0 Å². The van der Waals surface area contributed by atoms with Gasteiger partial charge in [-0.1, -0.05) is 24.3 Å². The van der Waals surface area contributed by atoms with Gasteiger partial charge in [-0.3, -0.25) is 4.99 Å². The third kappa shape index (κ3) is 1.08. The van der Waals surface area contributed by atoms with Crippen molar-refractivity contribution >= 4 is 5.84 Å². The van der Waals surface area contributed by atoms with Crippen LogP contribution >= 0.6 is 0 Å². The molecule has 2 rings (SSSR count). The number of rotatable bonds is 0. The zero-order valence-electron chi connectivity index (χ0n) is 6.96. The number of hydrazine groups is 1. The van der Waals surface area contributed by atoms with Crippen LogP contribution in [0.15, 0.2) is 29.3 Å². The molecule has 3 nitrogen and oxygen atoms in total. The number of nitrogens with one attached hydrogen (secondary N) is 2. The Labute approximate surface area is 71.5 Å². The van der Waals surface area contributed by atoms with Crippen molar-refractivity contribution in [3.8, 4) is 0 Å². The van der Waals surface area contributed by atoms with Crippen molar-refractivity contribution in [3.05, 3.63) is 35.4 Å². The number of nitrogens with zero attached hydrogens (tertiary/aromatic N) is 1. The third-order valence-electron chi connectivity index (χ3n) is 1.98. The lowest BCUT2D eigenvalue weighted by Crippen LogP contribution is -2.42. The summed E-state index contributed by atoms with van der Waals surface area (Å²) in [7, 11) is 1.78. The second-order valence-corrected chi connectivity index (χ2v) is 2.71. The fraction of sp³-hybridized carbons (Fsp3) is 0.222. The molecule has 0 fully saturated rings. The highest BCUT2D eigenvalue weighted by atomic mass is 15.4. The Kier molecular flexibility index (Phi) is 1.80. The van der Waals surface area contributed by atoms with Crippen molar-refractivity contribution in [2.75, 3.05) is 7.05 Å². The van der Waals surface area contributed by atoms with Crippen LogP contribution in [0.3, 0.4) is 0 Å². The maximum Gasteiger partial charge on any atom is 0.142 e. The highest BCUT2D eigenvalue weighted by Crippen LogP contribution is 2.10. The monoisotopic (exact) mass is 161 g/mol. The second kappa shape index (κ2) is 2.95. The molecule has 0 bridgehead atoms. The van der Waals surface area contributed by atoms with Crippen LogP contribution < -0.4 is 10.9 Å². The summed E-state index contributed by atoms with van der Waals surface area (Å²) in [6, 6.07) is 8.25. The minimum Gasteiger partial charge on any atom is -0.305 e. The molecule has 0 atom stereocenters. The summed E-state index contributed by atoms with van der Waals surface area (Å²) in [4.78, 5) is 4.13. The minimum absolute atomic E-state index is 0.856. The van der Waals surface area contributed by atoms with Gasteiger partial charge in [-0.05, 0) is 5.56 Å². The van der Waals surface area contributed by atoms with Crippen molar-refractivity contribution in [2.45, 2.75) is 6.54 Å². The lowest BCUT2D eigenvalue weighted by atomic mass is 10.1. The summed E-state index contributed by atoms with van der Waals surface area (Å²) in [5.41, 5.74) is 8.57. The first-order valence-corrected chi connectivity index (χ1v) is 3.96. The van der Waals surface area contributed by atoms with E-state index in [0.717, 1.165) is 12.4 Å². The van der Waals surface area contributed by atoms with E-state index in [9.17, 15) is 0 Å². The van der Waals surface area contributed by atoms with E-state index in [4.69, 9.17) is 0 Å². The van der Waals surface area contributed by atoms with Crippen LogP contribution in [0.2, 0.25) is 0 Å². The molecule has 62 valence electrons. The minimum atomic E-state index is 0.856. The van der Waals surface area contributed by atoms with Gasteiger partial charge in [-0.2, -0.15) is 0 Å². The fourth-order valence-electron chi connectivity index (χ4n) is 1.37. The molecule has 1 heterocycles. The van der Waals surface area contributed by atoms with E-state index in [1.165, 1.54) is 11.1 Å². The van der Waals surface area contributed by atoms with Gasteiger partial charge < -0.3 is 5.43 Å². The van der Waals surface area contributed by atoms with Crippen LogP contribution in [0.5, 0.6) is 0 Å². The molecule has 0 amide bonds. The topological polar surface area (TPSA) is 36.4 Å². The molecular weight excluding hydrogens is 150 g/mol. The van der Waals surface area contributed by atoms with E-state index in [0.29, 0.717) is 0 Å². The highest BCUT2D eigenvalue weighted by molar-refractivity contribution is 6.00. The van der Waals surface area contributed by atoms with Crippen molar-refractivity contribution in [2.24, 2.45) is 4.99 Å². The summed E-state index contributed by atoms with van der Waals surface area (Å²) >= 11 is 0. The molecule has 0 unspecified atom stereocenters. The number of hydrogen-bond acceptors (Lipinski definition) is 2. The number of fused-ring (bicyclic) bond motifs is 1. The Morgan fingerprint density at radius 3 is 3.00 bits per heavy atom. The van der Waals surface area contributed by atoms with Crippen molar-refractivity contribution in [1.82, 2.24) is 10.9 Å². The lowest BCUT2D eigenvalue weighted by Gasteiger charge is -2.19.